The van der Waals surface area contributed by atoms with Gasteiger partial charge in [0, 0.05) is 6.04 Å². The Morgan fingerprint density at radius 1 is 1.10 bits per heavy atom. The standard InChI is InChI=1S/C18H21ClFN/c1-21-16(11-5-9-14-7-3-2-4-8-14)13-15-10-6-12-17(20)18(15)19/h2-4,6-8,10,12,16,21H,5,9,11,13H2,1H3. The van der Waals surface area contributed by atoms with Crippen molar-refractivity contribution >= 4 is 11.6 Å². The highest BCUT2D eigenvalue weighted by molar-refractivity contribution is 6.31. The van der Waals surface area contributed by atoms with Gasteiger partial charge in [-0.05, 0) is 49.9 Å². The fourth-order valence-corrected chi connectivity index (χ4v) is 2.72. The third kappa shape index (κ3) is 4.83. The summed E-state index contributed by atoms with van der Waals surface area (Å²) in [6, 6.07) is 15.8. The summed E-state index contributed by atoms with van der Waals surface area (Å²) in [5, 5.41) is 3.55. The van der Waals surface area contributed by atoms with Gasteiger partial charge < -0.3 is 5.32 Å². The van der Waals surface area contributed by atoms with Crippen molar-refractivity contribution in [3.8, 4) is 0 Å². The number of likely N-dealkylation sites (N-methyl/N-ethyl adjacent to an activating group) is 1. The first kappa shape index (κ1) is 16.0. The first-order chi connectivity index (χ1) is 10.2. The van der Waals surface area contributed by atoms with Crippen LogP contribution in [0.4, 0.5) is 4.39 Å². The second-order valence-corrected chi connectivity index (χ2v) is 5.66. The van der Waals surface area contributed by atoms with Crippen molar-refractivity contribution in [3.63, 3.8) is 0 Å². The van der Waals surface area contributed by atoms with E-state index in [9.17, 15) is 4.39 Å². The third-order valence-electron chi connectivity index (χ3n) is 3.77. The topological polar surface area (TPSA) is 12.0 Å². The van der Waals surface area contributed by atoms with E-state index in [0.29, 0.717) is 6.04 Å². The molecule has 0 aromatic heterocycles. The molecule has 1 N–H and O–H groups in total. The van der Waals surface area contributed by atoms with Crippen LogP contribution in [0.5, 0.6) is 0 Å². The number of nitrogens with one attached hydrogen (secondary N) is 1. The predicted molar refractivity (Wildman–Crippen MR) is 87.3 cm³/mol. The molecular weight excluding hydrogens is 285 g/mol. The van der Waals surface area contributed by atoms with Crippen LogP contribution in [0.1, 0.15) is 24.0 Å². The molecule has 2 aromatic carbocycles. The summed E-state index contributed by atoms with van der Waals surface area (Å²) < 4.78 is 13.5. The lowest BCUT2D eigenvalue weighted by Gasteiger charge is -2.17. The minimum absolute atomic E-state index is 0.251. The summed E-state index contributed by atoms with van der Waals surface area (Å²) in [5.41, 5.74) is 2.23. The van der Waals surface area contributed by atoms with E-state index in [0.717, 1.165) is 31.2 Å². The zero-order valence-electron chi connectivity index (χ0n) is 12.3. The van der Waals surface area contributed by atoms with Crippen LogP contribution in [0.3, 0.4) is 0 Å². The highest BCUT2D eigenvalue weighted by Gasteiger charge is 2.12. The Labute approximate surface area is 131 Å². The quantitative estimate of drug-likeness (QED) is 0.786. The summed E-state index contributed by atoms with van der Waals surface area (Å²) in [7, 11) is 1.94. The van der Waals surface area contributed by atoms with Crippen LogP contribution in [0.25, 0.3) is 0 Å². The fraction of sp³-hybridized carbons (Fsp3) is 0.333. The van der Waals surface area contributed by atoms with Crippen LogP contribution in [-0.4, -0.2) is 13.1 Å². The molecule has 0 aliphatic heterocycles. The molecule has 2 rings (SSSR count). The van der Waals surface area contributed by atoms with Crippen LogP contribution in [0.15, 0.2) is 48.5 Å². The zero-order valence-corrected chi connectivity index (χ0v) is 13.0. The monoisotopic (exact) mass is 305 g/mol. The Morgan fingerprint density at radius 2 is 1.86 bits per heavy atom. The maximum atomic E-state index is 13.5. The lowest BCUT2D eigenvalue weighted by Crippen LogP contribution is -2.27. The Hall–Kier alpha value is -1.38. The van der Waals surface area contributed by atoms with Gasteiger partial charge in [-0.25, -0.2) is 4.39 Å². The van der Waals surface area contributed by atoms with E-state index in [1.807, 2.05) is 19.2 Å². The molecule has 3 heteroatoms. The van der Waals surface area contributed by atoms with Crippen molar-refractivity contribution in [2.75, 3.05) is 7.05 Å². The minimum atomic E-state index is -0.340. The lowest BCUT2D eigenvalue weighted by molar-refractivity contribution is 0.500. The van der Waals surface area contributed by atoms with Crippen molar-refractivity contribution < 1.29 is 4.39 Å². The molecule has 0 aliphatic carbocycles. The molecule has 2 aromatic rings. The molecule has 0 aliphatic rings. The summed E-state index contributed by atoms with van der Waals surface area (Å²) in [6.45, 7) is 0. The molecule has 112 valence electrons. The number of aryl methyl sites for hydroxylation is 1. The number of hydrogen-bond acceptors (Lipinski definition) is 1. The maximum absolute atomic E-state index is 13.5. The molecule has 0 fully saturated rings. The highest BCUT2D eigenvalue weighted by atomic mass is 35.5. The van der Waals surface area contributed by atoms with E-state index < -0.39 is 0 Å². The Balaban J connectivity index is 1.87. The SMILES string of the molecule is CNC(CCCc1ccccc1)Cc1cccc(F)c1Cl. The van der Waals surface area contributed by atoms with Crippen LogP contribution in [-0.2, 0) is 12.8 Å². The first-order valence-corrected chi connectivity index (χ1v) is 7.72. The van der Waals surface area contributed by atoms with Crippen LogP contribution in [0.2, 0.25) is 5.02 Å². The number of benzene rings is 2. The summed E-state index contributed by atoms with van der Waals surface area (Å²) in [6.07, 6.45) is 3.96. The minimum Gasteiger partial charge on any atom is -0.317 e. The van der Waals surface area contributed by atoms with Crippen LogP contribution < -0.4 is 5.32 Å². The average Bonchev–Trinajstić information content (AvgIpc) is 2.51. The molecule has 1 atom stereocenters. The predicted octanol–water partition coefficient (Wildman–Crippen LogP) is 4.63. The Bertz CT molecular complexity index is 556. The highest BCUT2D eigenvalue weighted by Crippen LogP contribution is 2.22. The molecule has 0 radical (unpaired) electrons. The van der Waals surface area contributed by atoms with Crippen molar-refractivity contribution in [2.45, 2.75) is 31.7 Å². The number of rotatable bonds is 7. The smallest absolute Gasteiger partial charge is 0.142 e. The van der Waals surface area contributed by atoms with E-state index in [1.54, 1.807) is 6.07 Å². The van der Waals surface area contributed by atoms with Gasteiger partial charge in [-0.2, -0.15) is 0 Å². The average molecular weight is 306 g/mol. The molecule has 0 bridgehead atoms. The van der Waals surface area contributed by atoms with E-state index >= 15 is 0 Å². The van der Waals surface area contributed by atoms with Gasteiger partial charge in [-0.1, -0.05) is 54.1 Å². The van der Waals surface area contributed by atoms with Crippen molar-refractivity contribution in [2.24, 2.45) is 0 Å². The van der Waals surface area contributed by atoms with Gasteiger partial charge in [0.1, 0.15) is 5.82 Å². The van der Waals surface area contributed by atoms with Gasteiger partial charge in [0.05, 0.1) is 5.02 Å². The van der Waals surface area contributed by atoms with E-state index in [1.165, 1.54) is 11.6 Å². The molecular formula is C18H21ClFN. The lowest BCUT2D eigenvalue weighted by atomic mass is 9.99. The second kappa shape index (κ2) is 8.16. The fourth-order valence-electron chi connectivity index (χ4n) is 2.52. The van der Waals surface area contributed by atoms with E-state index in [2.05, 4.69) is 29.6 Å². The maximum Gasteiger partial charge on any atom is 0.142 e. The van der Waals surface area contributed by atoms with Crippen LogP contribution >= 0.6 is 11.6 Å². The van der Waals surface area contributed by atoms with E-state index in [-0.39, 0.29) is 10.8 Å². The number of hydrogen-bond donors (Lipinski definition) is 1. The van der Waals surface area contributed by atoms with Gasteiger partial charge in [0.15, 0.2) is 0 Å². The van der Waals surface area contributed by atoms with E-state index in [4.69, 9.17) is 11.6 Å². The molecule has 1 unspecified atom stereocenters. The molecule has 1 nitrogen and oxygen atoms in total. The Kier molecular flexibility index (Phi) is 6.21. The molecule has 0 spiro atoms. The molecule has 21 heavy (non-hydrogen) atoms. The Morgan fingerprint density at radius 3 is 2.57 bits per heavy atom. The largest absolute Gasteiger partial charge is 0.317 e. The van der Waals surface area contributed by atoms with Crippen molar-refractivity contribution in [1.82, 2.24) is 5.32 Å². The van der Waals surface area contributed by atoms with Gasteiger partial charge in [-0.15, -0.1) is 0 Å². The second-order valence-electron chi connectivity index (χ2n) is 5.28. The van der Waals surface area contributed by atoms with Gasteiger partial charge in [-0.3, -0.25) is 0 Å². The van der Waals surface area contributed by atoms with Gasteiger partial charge in [0.25, 0.3) is 0 Å². The summed E-state index contributed by atoms with van der Waals surface area (Å²) >= 11 is 6.02. The van der Waals surface area contributed by atoms with Crippen molar-refractivity contribution in [3.05, 3.63) is 70.5 Å². The van der Waals surface area contributed by atoms with Crippen molar-refractivity contribution in [1.29, 1.82) is 0 Å². The summed E-state index contributed by atoms with van der Waals surface area (Å²) in [4.78, 5) is 0. The molecule has 0 heterocycles. The first-order valence-electron chi connectivity index (χ1n) is 7.34. The third-order valence-corrected chi connectivity index (χ3v) is 4.19. The normalized spacial score (nSPS) is 12.3. The van der Waals surface area contributed by atoms with Crippen LogP contribution in [0, 0.1) is 5.82 Å². The molecule has 0 saturated carbocycles. The molecule has 0 saturated heterocycles. The zero-order chi connectivity index (χ0) is 15.1. The molecule has 0 amide bonds. The van der Waals surface area contributed by atoms with Gasteiger partial charge >= 0.3 is 0 Å². The number of halogens is 2. The van der Waals surface area contributed by atoms with Gasteiger partial charge in [0.2, 0.25) is 0 Å². The summed E-state index contributed by atoms with van der Waals surface area (Å²) in [5.74, 6) is -0.340.